The molecule has 0 bridgehead atoms. The summed E-state index contributed by atoms with van der Waals surface area (Å²) in [6.07, 6.45) is 5.34. The smallest absolute Gasteiger partial charge is 0.163 e. The first-order valence-corrected chi connectivity index (χ1v) is 7.93. The van der Waals surface area contributed by atoms with Crippen LogP contribution in [0.2, 0.25) is 0 Å². The number of rotatable bonds is 4. The predicted octanol–water partition coefficient (Wildman–Crippen LogP) is 3.15. The molecule has 2 atom stereocenters. The Bertz CT molecular complexity index is 576. The Hall–Kier alpha value is -1.68. The molecule has 3 rings (SSSR count). The number of nitrogens with zero attached hydrogens (tertiary/aromatic N) is 3. The van der Waals surface area contributed by atoms with Gasteiger partial charge < -0.3 is 9.88 Å². The van der Waals surface area contributed by atoms with Crippen molar-refractivity contribution >= 4 is 0 Å². The van der Waals surface area contributed by atoms with Gasteiger partial charge in [0.05, 0.1) is 6.54 Å². The van der Waals surface area contributed by atoms with E-state index >= 15 is 0 Å². The van der Waals surface area contributed by atoms with E-state index in [9.17, 15) is 0 Å². The van der Waals surface area contributed by atoms with Crippen molar-refractivity contribution in [2.45, 2.75) is 45.2 Å². The lowest BCUT2D eigenvalue weighted by Gasteiger charge is -2.29. The van der Waals surface area contributed by atoms with E-state index in [0.717, 1.165) is 29.7 Å². The molecule has 0 spiro atoms. The van der Waals surface area contributed by atoms with Gasteiger partial charge in [-0.1, -0.05) is 50.1 Å². The maximum Gasteiger partial charge on any atom is 0.163 e. The second-order valence-corrected chi connectivity index (χ2v) is 6.11. The summed E-state index contributed by atoms with van der Waals surface area (Å²) in [5.74, 6) is 2.70. The van der Waals surface area contributed by atoms with Gasteiger partial charge in [-0.3, -0.25) is 0 Å². The van der Waals surface area contributed by atoms with E-state index in [1.807, 2.05) is 25.2 Å². The molecule has 4 heteroatoms. The molecule has 1 aromatic heterocycles. The van der Waals surface area contributed by atoms with Gasteiger partial charge in [0.1, 0.15) is 5.82 Å². The zero-order chi connectivity index (χ0) is 14.7. The van der Waals surface area contributed by atoms with Crippen molar-refractivity contribution in [3.05, 3.63) is 36.2 Å². The Morgan fingerprint density at radius 1 is 1.14 bits per heavy atom. The summed E-state index contributed by atoms with van der Waals surface area (Å²) >= 11 is 0. The molecule has 0 radical (unpaired) electrons. The summed E-state index contributed by atoms with van der Waals surface area (Å²) in [5, 5.41) is 12.4. The highest BCUT2D eigenvalue weighted by Crippen LogP contribution is 2.24. The highest BCUT2D eigenvalue weighted by atomic mass is 15.3. The number of hydrogen-bond acceptors (Lipinski definition) is 3. The van der Waals surface area contributed by atoms with E-state index in [1.165, 1.54) is 25.7 Å². The van der Waals surface area contributed by atoms with Crippen LogP contribution in [0.1, 0.15) is 38.4 Å². The van der Waals surface area contributed by atoms with Gasteiger partial charge in [0.15, 0.2) is 5.82 Å². The Kier molecular flexibility index (Phi) is 4.34. The van der Waals surface area contributed by atoms with Crippen LogP contribution in [0.25, 0.3) is 11.4 Å². The molecule has 1 fully saturated rings. The minimum absolute atomic E-state index is 0.621. The van der Waals surface area contributed by atoms with Crippen molar-refractivity contribution < 1.29 is 0 Å². The van der Waals surface area contributed by atoms with Gasteiger partial charge in [0.2, 0.25) is 0 Å². The monoisotopic (exact) mass is 284 g/mol. The quantitative estimate of drug-likeness (QED) is 0.938. The molecule has 1 N–H and O–H groups in total. The Morgan fingerprint density at radius 3 is 2.67 bits per heavy atom. The van der Waals surface area contributed by atoms with Crippen molar-refractivity contribution in [3.63, 3.8) is 0 Å². The van der Waals surface area contributed by atoms with E-state index < -0.39 is 0 Å². The van der Waals surface area contributed by atoms with Crippen LogP contribution in [0, 0.1) is 5.92 Å². The van der Waals surface area contributed by atoms with Crippen LogP contribution in [0.15, 0.2) is 30.3 Å². The standard InChI is InChI=1S/C17H24N4/c1-13-8-6-7-11-15(13)18-12-16-19-20-17(21(16)2)14-9-4-3-5-10-14/h3-5,9-10,13,15,18H,6-8,11-12H2,1-2H3. The molecule has 4 nitrogen and oxygen atoms in total. The first-order chi connectivity index (χ1) is 10.3. The summed E-state index contributed by atoms with van der Waals surface area (Å²) in [4.78, 5) is 0. The molecule has 1 heterocycles. The van der Waals surface area contributed by atoms with Crippen LogP contribution in [0.4, 0.5) is 0 Å². The van der Waals surface area contributed by atoms with Crippen LogP contribution in [0.3, 0.4) is 0 Å². The van der Waals surface area contributed by atoms with Crippen LogP contribution >= 0.6 is 0 Å². The average Bonchev–Trinajstić information content (AvgIpc) is 2.88. The largest absolute Gasteiger partial charge is 0.313 e. The van der Waals surface area contributed by atoms with Gasteiger partial charge in [-0.25, -0.2) is 0 Å². The lowest BCUT2D eigenvalue weighted by atomic mass is 9.86. The number of nitrogens with one attached hydrogen (secondary N) is 1. The Labute approximate surface area is 126 Å². The van der Waals surface area contributed by atoms with Gasteiger partial charge in [0.25, 0.3) is 0 Å². The van der Waals surface area contributed by atoms with Crippen LogP contribution < -0.4 is 5.32 Å². The van der Waals surface area contributed by atoms with E-state index in [2.05, 4.69) is 39.1 Å². The third-order valence-corrected chi connectivity index (χ3v) is 4.63. The molecule has 1 saturated carbocycles. The predicted molar refractivity (Wildman–Crippen MR) is 84.7 cm³/mol. The third kappa shape index (κ3) is 3.16. The minimum Gasteiger partial charge on any atom is -0.313 e. The van der Waals surface area contributed by atoms with Crippen molar-refractivity contribution in [1.82, 2.24) is 20.1 Å². The second-order valence-electron chi connectivity index (χ2n) is 6.11. The topological polar surface area (TPSA) is 42.7 Å². The molecule has 1 aliphatic carbocycles. The van der Waals surface area contributed by atoms with E-state index in [0.29, 0.717) is 6.04 Å². The fraction of sp³-hybridized carbons (Fsp3) is 0.529. The molecule has 112 valence electrons. The summed E-state index contributed by atoms with van der Waals surface area (Å²) in [6.45, 7) is 3.15. The molecule has 0 aliphatic heterocycles. The lowest BCUT2D eigenvalue weighted by molar-refractivity contribution is 0.277. The molecule has 1 aliphatic rings. The normalized spacial score (nSPS) is 22.4. The third-order valence-electron chi connectivity index (χ3n) is 4.63. The van der Waals surface area contributed by atoms with Gasteiger partial charge in [-0.2, -0.15) is 0 Å². The molecule has 2 aromatic rings. The van der Waals surface area contributed by atoms with E-state index in [4.69, 9.17) is 0 Å². The van der Waals surface area contributed by atoms with Crippen molar-refractivity contribution in [1.29, 1.82) is 0 Å². The summed E-state index contributed by atoms with van der Waals surface area (Å²) in [5.41, 5.74) is 1.12. The summed E-state index contributed by atoms with van der Waals surface area (Å²) in [6, 6.07) is 10.9. The maximum atomic E-state index is 4.35. The first kappa shape index (κ1) is 14.3. The Morgan fingerprint density at radius 2 is 1.90 bits per heavy atom. The molecule has 2 unspecified atom stereocenters. The van der Waals surface area contributed by atoms with E-state index in [-0.39, 0.29) is 0 Å². The number of hydrogen-bond donors (Lipinski definition) is 1. The molecular weight excluding hydrogens is 260 g/mol. The fourth-order valence-corrected chi connectivity index (χ4v) is 3.20. The molecular formula is C17H24N4. The average molecular weight is 284 g/mol. The van der Waals surface area contributed by atoms with Crippen LogP contribution in [-0.4, -0.2) is 20.8 Å². The zero-order valence-corrected chi connectivity index (χ0v) is 12.9. The maximum absolute atomic E-state index is 4.35. The summed E-state index contributed by atoms with van der Waals surface area (Å²) in [7, 11) is 2.05. The van der Waals surface area contributed by atoms with E-state index in [1.54, 1.807) is 0 Å². The molecule has 0 amide bonds. The lowest BCUT2D eigenvalue weighted by Crippen LogP contribution is -2.37. The number of aromatic nitrogens is 3. The first-order valence-electron chi connectivity index (χ1n) is 7.93. The number of benzene rings is 1. The highest BCUT2D eigenvalue weighted by Gasteiger charge is 2.21. The van der Waals surface area contributed by atoms with Gasteiger partial charge in [-0.15, -0.1) is 10.2 Å². The van der Waals surface area contributed by atoms with Gasteiger partial charge in [0, 0.05) is 18.7 Å². The fourth-order valence-electron chi connectivity index (χ4n) is 3.20. The molecule has 1 aromatic carbocycles. The Balaban J connectivity index is 1.68. The van der Waals surface area contributed by atoms with Crippen LogP contribution in [0.5, 0.6) is 0 Å². The highest BCUT2D eigenvalue weighted by molar-refractivity contribution is 5.54. The van der Waals surface area contributed by atoms with Gasteiger partial charge >= 0.3 is 0 Å². The van der Waals surface area contributed by atoms with Crippen molar-refractivity contribution in [2.75, 3.05) is 0 Å². The van der Waals surface area contributed by atoms with Gasteiger partial charge in [-0.05, 0) is 18.8 Å². The minimum atomic E-state index is 0.621. The second kappa shape index (κ2) is 6.39. The molecule has 0 saturated heterocycles. The van der Waals surface area contributed by atoms with Crippen LogP contribution in [-0.2, 0) is 13.6 Å². The zero-order valence-electron chi connectivity index (χ0n) is 12.9. The SMILES string of the molecule is CC1CCCCC1NCc1nnc(-c2ccccc2)n1C. The summed E-state index contributed by atoms with van der Waals surface area (Å²) < 4.78 is 2.09. The molecule has 21 heavy (non-hydrogen) atoms. The van der Waals surface area contributed by atoms with Crippen molar-refractivity contribution in [2.24, 2.45) is 13.0 Å². The van der Waals surface area contributed by atoms with Crippen molar-refractivity contribution in [3.8, 4) is 11.4 Å².